The molecule has 0 aromatic carbocycles. The van der Waals surface area contributed by atoms with E-state index in [4.69, 9.17) is 5.26 Å². The number of nitriles is 1. The standard InChI is InChI=1S/C17H25FN4O5/c1-17(20-9-14(23)22-10-12(18)7-13(22)8-19)3-5-21(6-4-17)15(24)11-27-16(25)26-2/h12-13,20H,3-7,9-11H2,1-2H3/t12-,13-/m0/s1. The summed E-state index contributed by atoms with van der Waals surface area (Å²) in [5.74, 6) is -0.602. The number of amides is 2. The molecule has 0 aliphatic carbocycles. The maximum atomic E-state index is 13.5. The van der Waals surface area contributed by atoms with Gasteiger partial charge in [-0.25, -0.2) is 9.18 Å². The molecule has 0 aromatic heterocycles. The van der Waals surface area contributed by atoms with Crippen LogP contribution < -0.4 is 5.32 Å². The number of piperidine rings is 1. The fourth-order valence-electron chi connectivity index (χ4n) is 3.27. The summed E-state index contributed by atoms with van der Waals surface area (Å²) in [4.78, 5) is 38.1. The van der Waals surface area contributed by atoms with Gasteiger partial charge in [-0.1, -0.05) is 0 Å². The number of carbonyl (C=O) groups is 3. The molecule has 2 rings (SSSR count). The van der Waals surface area contributed by atoms with Gasteiger partial charge >= 0.3 is 6.16 Å². The van der Waals surface area contributed by atoms with E-state index in [-0.39, 0.29) is 43.5 Å². The van der Waals surface area contributed by atoms with Crippen molar-refractivity contribution >= 4 is 18.0 Å². The van der Waals surface area contributed by atoms with Crippen molar-refractivity contribution in [3.63, 3.8) is 0 Å². The van der Waals surface area contributed by atoms with E-state index in [9.17, 15) is 18.8 Å². The van der Waals surface area contributed by atoms with Crippen LogP contribution in [0.25, 0.3) is 0 Å². The van der Waals surface area contributed by atoms with Gasteiger partial charge in [0.25, 0.3) is 5.91 Å². The molecule has 27 heavy (non-hydrogen) atoms. The Bertz CT molecular complexity index is 615. The van der Waals surface area contributed by atoms with Gasteiger partial charge in [-0.2, -0.15) is 5.26 Å². The molecule has 2 aliphatic rings. The summed E-state index contributed by atoms with van der Waals surface area (Å²) in [6.45, 7) is 2.47. The molecule has 150 valence electrons. The van der Waals surface area contributed by atoms with Gasteiger partial charge in [0, 0.05) is 25.0 Å². The van der Waals surface area contributed by atoms with Gasteiger partial charge in [0.15, 0.2) is 6.61 Å². The van der Waals surface area contributed by atoms with Crippen LogP contribution >= 0.6 is 0 Å². The van der Waals surface area contributed by atoms with Crippen molar-refractivity contribution < 1.29 is 28.2 Å². The first kappa shape index (κ1) is 20.9. The predicted molar refractivity (Wildman–Crippen MR) is 91.2 cm³/mol. The smallest absolute Gasteiger partial charge is 0.438 e. The SMILES string of the molecule is COC(=O)OCC(=O)N1CCC(C)(NCC(=O)N2C[C@@H](F)C[C@H]2C#N)CC1. The molecular weight excluding hydrogens is 359 g/mol. The van der Waals surface area contributed by atoms with Gasteiger partial charge < -0.3 is 24.6 Å². The first-order valence-electron chi connectivity index (χ1n) is 8.84. The van der Waals surface area contributed by atoms with Crippen LogP contribution in [0, 0.1) is 11.3 Å². The topological polar surface area (TPSA) is 112 Å². The minimum Gasteiger partial charge on any atom is -0.438 e. The Morgan fingerprint density at radius 3 is 2.56 bits per heavy atom. The Morgan fingerprint density at radius 1 is 1.30 bits per heavy atom. The summed E-state index contributed by atoms with van der Waals surface area (Å²) in [6, 6.07) is 1.25. The lowest BCUT2D eigenvalue weighted by molar-refractivity contribution is -0.137. The van der Waals surface area contributed by atoms with E-state index in [2.05, 4.69) is 14.8 Å². The molecule has 0 aromatic rings. The quantitative estimate of drug-likeness (QED) is 0.674. The number of halogens is 1. The van der Waals surface area contributed by atoms with Crippen LogP contribution in [0.15, 0.2) is 0 Å². The molecule has 2 saturated heterocycles. The lowest BCUT2D eigenvalue weighted by Crippen LogP contribution is -2.55. The fourth-order valence-corrected chi connectivity index (χ4v) is 3.27. The van der Waals surface area contributed by atoms with E-state index in [1.165, 1.54) is 12.0 Å². The lowest BCUT2D eigenvalue weighted by Gasteiger charge is -2.40. The number of nitrogens with zero attached hydrogens (tertiary/aromatic N) is 3. The maximum absolute atomic E-state index is 13.5. The molecule has 0 bridgehead atoms. The van der Waals surface area contributed by atoms with E-state index < -0.39 is 18.4 Å². The number of likely N-dealkylation sites (tertiary alicyclic amines) is 2. The third-order valence-corrected chi connectivity index (χ3v) is 5.09. The average Bonchev–Trinajstić information content (AvgIpc) is 3.05. The third kappa shape index (κ3) is 5.53. The second-order valence-corrected chi connectivity index (χ2v) is 7.06. The second kappa shape index (κ2) is 8.99. The highest BCUT2D eigenvalue weighted by Crippen LogP contribution is 2.23. The fraction of sp³-hybridized carbons (Fsp3) is 0.765. The third-order valence-electron chi connectivity index (χ3n) is 5.09. The molecule has 2 fully saturated rings. The van der Waals surface area contributed by atoms with Crippen LogP contribution in [0.2, 0.25) is 0 Å². The summed E-state index contributed by atoms with van der Waals surface area (Å²) in [5.41, 5.74) is -0.355. The van der Waals surface area contributed by atoms with Gasteiger partial charge in [0.1, 0.15) is 12.2 Å². The molecule has 9 nitrogen and oxygen atoms in total. The predicted octanol–water partition coefficient (Wildman–Crippen LogP) is 0.203. The number of methoxy groups -OCH3 is 1. The first-order chi connectivity index (χ1) is 12.8. The van der Waals surface area contributed by atoms with E-state index in [1.54, 1.807) is 4.90 Å². The minimum atomic E-state index is -1.16. The van der Waals surface area contributed by atoms with E-state index in [1.807, 2.05) is 13.0 Å². The van der Waals surface area contributed by atoms with Crippen LogP contribution in [0.1, 0.15) is 26.2 Å². The zero-order valence-corrected chi connectivity index (χ0v) is 15.6. The highest BCUT2D eigenvalue weighted by atomic mass is 19.1. The van der Waals surface area contributed by atoms with Gasteiger partial charge in [0.2, 0.25) is 5.91 Å². The van der Waals surface area contributed by atoms with Crippen molar-refractivity contribution in [2.75, 3.05) is 39.9 Å². The molecule has 2 aliphatic heterocycles. The summed E-state index contributed by atoms with van der Waals surface area (Å²) >= 11 is 0. The molecule has 0 spiro atoms. The molecule has 0 radical (unpaired) electrons. The zero-order chi connectivity index (χ0) is 20.0. The second-order valence-electron chi connectivity index (χ2n) is 7.06. The van der Waals surface area contributed by atoms with Crippen LogP contribution in [0.5, 0.6) is 0 Å². The van der Waals surface area contributed by atoms with Crippen molar-refractivity contribution in [3.05, 3.63) is 0 Å². The van der Waals surface area contributed by atoms with Crippen LogP contribution in [0.4, 0.5) is 9.18 Å². The van der Waals surface area contributed by atoms with Gasteiger partial charge in [-0.3, -0.25) is 9.59 Å². The highest BCUT2D eigenvalue weighted by molar-refractivity contribution is 5.80. The maximum Gasteiger partial charge on any atom is 0.508 e. The molecule has 2 atom stereocenters. The summed E-state index contributed by atoms with van der Waals surface area (Å²) < 4.78 is 22.4. The number of nitrogens with one attached hydrogen (secondary N) is 1. The number of hydrogen-bond donors (Lipinski definition) is 1. The molecular formula is C17H25FN4O5. The zero-order valence-electron chi connectivity index (χ0n) is 15.6. The summed E-state index contributed by atoms with van der Waals surface area (Å²) in [6.07, 6.45) is -0.784. The molecule has 0 saturated carbocycles. The van der Waals surface area contributed by atoms with E-state index in [0.717, 1.165) is 0 Å². The number of carbonyl (C=O) groups excluding carboxylic acids is 3. The Kier molecular flexibility index (Phi) is 6.96. The van der Waals surface area contributed by atoms with Gasteiger partial charge in [-0.15, -0.1) is 0 Å². The Balaban J connectivity index is 1.77. The first-order valence-corrected chi connectivity index (χ1v) is 8.84. The molecule has 2 heterocycles. The monoisotopic (exact) mass is 384 g/mol. The highest BCUT2D eigenvalue weighted by Gasteiger charge is 2.37. The molecule has 1 N–H and O–H groups in total. The largest absolute Gasteiger partial charge is 0.508 e. The molecule has 2 amide bonds. The number of hydrogen-bond acceptors (Lipinski definition) is 7. The van der Waals surface area contributed by atoms with Gasteiger partial charge in [-0.05, 0) is 19.8 Å². The van der Waals surface area contributed by atoms with Crippen molar-refractivity contribution in [1.82, 2.24) is 15.1 Å². The summed E-state index contributed by atoms with van der Waals surface area (Å²) in [7, 11) is 1.17. The number of alkyl halides is 1. The lowest BCUT2D eigenvalue weighted by atomic mass is 9.89. The Labute approximate surface area is 157 Å². The van der Waals surface area contributed by atoms with Crippen molar-refractivity contribution in [3.8, 4) is 6.07 Å². The van der Waals surface area contributed by atoms with Crippen LogP contribution in [-0.2, 0) is 19.1 Å². The number of rotatable bonds is 5. The van der Waals surface area contributed by atoms with E-state index in [0.29, 0.717) is 25.9 Å². The van der Waals surface area contributed by atoms with Crippen molar-refractivity contribution in [2.45, 2.75) is 43.9 Å². The van der Waals surface area contributed by atoms with Crippen LogP contribution in [0.3, 0.4) is 0 Å². The Hall–Kier alpha value is -2.41. The number of ether oxygens (including phenoxy) is 2. The van der Waals surface area contributed by atoms with E-state index >= 15 is 0 Å². The van der Waals surface area contributed by atoms with Crippen molar-refractivity contribution in [1.29, 1.82) is 5.26 Å². The minimum absolute atomic E-state index is 0.0147. The Morgan fingerprint density at radius 2 is 1.96 bits per heavy atom. The van der Waals surface area contributed by atoms with Gasteiger partial charge in [0.05, 0.1) is 26.3 Å². The van der Waals surface area contributed by atoms with Crippen molar-refractivity contribution in [2.24, 2.45) is 0 Å². The molecule has 10 heteroatoms. The normalized spacial score (nSPS) is 24.2. The molecule has 0 unspecified atom stereocenters. The van der Waals surface area contributed by atoms with Crippen LogP contribution in [-0.4, -0.2) is 85.4 Å². The average molecular weight is 384 g/mol. The summed E-state index contributed by atoms with van der Waals surface area (Å²) in [5, 5.41) is 12.2.